The summed E-state index contributed by atoms with van der Waals surface area (Å²) >= 11 is 0. The number of carbonyl (C=O) groups is 1. The fourth-order valence-corrected chi connectivity index (χ4v) is 2.37. The van der Waals surface area contributed by atoms with Crippen molar-refractivity contribution in [3.8, 4) is 0 Å². The van der Waals surface area contributed by atoms with Gasteiger partial charge in [0.2, 0.25) is 0 Å². The summed E-state index contributed by atoms with van der Waals surface area (Å²) in [6.45, 7) is 8.17. The molecule has 2 N–H and O–H groups in total. The van der Waals surface area contributed by atoms with Gasteiger partial charge in [-0.25, -0.2) is 4.79 Å². The number of urea groups is 1. The van der Waals surface area contributed by atoms with E-state index in [-0.39, 0.29) is 24.6 Å². The van der Waals surface area contributed by atoms with Crippen molar-refractivity contribution in [2.24, 2.45) is 11.8 Å². The molecule has 0 saturated carbocycles. The van der Waals surface area contributed by atoms with Crippen LogP contribution in [0.2, 0.25) is 0 Å². The Morgan fingerprint density at radius 1 is 1.39 bits per heavy atom. The molecule has 0 aromatic heterocycles. The Morgan fingerprint density at radius 3 is 2.67 bits per heavy atom. The van der Waals surface area contributed by atoms with Gasteiger partial charge >= 0.3 is 6.03 Å². The number of nitrogens with zero attached hydrogens (tertiary/aromatic N) is 1. The number of amides is 2. The van der Waals surface area contributed by atoms with Gasteiger partial charge in [0.05, 0.1) is 0 Å². The summed E-state index contributed by atoms with van der Waals surface area (Å²) in [5, 5.41) is 12.1. The Hall–Kier alpha value is -0.770. The highest BCUT2D eigenvalue weighted by Crippen LogP contribution is 2.15. The van der Waals surface area contributed by atoms with Crippen LogP contribution in [0.5, 0.6) is 0 Å². The van der Waals surface area contributed by atoms with Crippen LogP contribution in [-0.4, -0.2) is 41.8 Å². The monoisotopic (exact) mass is 256 g/mol. The van der Waals surface area contributed by atoms with Crippen LogP contribution in [0, 0.1) is 11.8 Å². The van der Waals surface area contributed by atoms with Crippen LogP contribution in [0.25, 0.3) is 0 Å². The zero-order chi connectivity index (χ0) is 13.5. The SMILES string of the molecule is CC(C)CCCC(C)NC(=O)N1CCC(CO)C1. The maximum absolute atomic E-state index is 11.9. The highest BCUT2D eigenvalue weighted by molar-refractivity contribution is 5.74. The first-order valence-electron chi connectivity index (χ1n) is 7.19. The van der Waals surface area contributed by atoms with Gasteiger partial charge in [0, 0.05) is 31.7 Å². The average molecular weight is 256 g/mol. The van der Waals surface area contributed by atoms with Crippen LogP contribution in [0.15, 0.2) is 0 Å². The van der Waals surface area contributed by atoms with Crippen molar-refractivity contribution in [3.05, 3.63) is 0 Å². The molecule has 4 nitrogen and oxygen atoms in total. The van der Waals surface area contributed by atoms with Gasteiger partial charge in [-0.05, 0) is 25.7 Å². The zero-order valence-electron chi connectivity index (χ0n) is 12.0. The van der Waals surface area contributed by atoms with Gasteiger partial charge in [-0.3, -0.25) is 0 Å². The van der Waals surface area contributed by atoms with Crippen molar-refractivity contribution in [2.75, 3.05) is 19.7 Å². The van der Waals surface area contributed by atoms with E-state index < -0.39 is 0 Å². The van der Waals surface area contributed by atoms with Crippen molar-refractivity contribution < 1.29 is 9.90 Å². The first kappa shape index (κ1) is 15.3. The van der Waals surface area contributed by atoms with E-state index >= 15 is 0 Å². The van der Waals surface area contributed by atoms with E-state index in [0.29, 0.717) is 6.54 Å². The molecule has 1 saturated heterocycles. The number of hydrogen-bond acceptors (Lipinski definition) is 2. The van der Waals surface area contributed by atoms with Crippen molar-refractivity contribution >= 4 is 6.03 Å². The molecule has 1 aliphatic rings. The fraction of sp³-hybridized carbons (Fsp3) is 0.929. The molecule has 2 amide bonds. The van der Waals surface area contributed by atoms with Crippen LogP contribution in [0.4, 0.5) is 4.79 Å². The summed E-state index contributed by atoms with van der Waals surface area (Å²) in [7, 11) is 0. The Morgan fingerprint density at radius 2 is 2.11 bits per heavy atom. The molecule has 2 unspecified atom stereocenters. The molecular formula is C14H28N2O2. The average Bonchev–Trinajstić information content (AvgIpc) is 2.76. The second-order valence-corrected chi connectivity index (χ2v) is 5.96. The molecule has 1 fully saturated rings. The minimum Gasteiger partial charge on any atom is -0.396 e. The first-order valence-corrected chi connectivity index (χ1v) is 7.19. The van der Waals surface area contributed by atoms with E-state index in [0.717, 1.165) is 25.3 Å². The number of likely N-dealkylation sites (tertiary alicyclic amines) is 1. The maximum Gasteiger partial charge on any atom is 0.317 e. The molecule has 1 heterocycles. The first-order chi connectivity index (χ1) is 8.52. The van der Waals surface area contributed by atoms with Gasteiger partial charge in [-0.1, -0.05) is 26.7 Å². The van der Waals surface area contributed by atoms with Crippen LogP contribution in [-0.2, 0) is 0 Å². The third-order valence-electron chi connectivity index (χ3n) is 3.62. The predicted octanol–water partition coefficient (Wildman–Crippen LogP) is 2.23. The predicted molar refractivity (Wildman–Crippen MR) is 73.4 cm³/mol. The number of rotatable bonds is 6. The Balaban J connectivity index is 2.19. The highest BCUT2D eigenvalue weighted by Gasteiger charge is 2.26. The van der Waals surface area contributed by atoms with Crippen molar-refractivity contribution in [2.45, 2.75) is 52.5 Å². The summed E-state index contributed by atoms with van der Waals surface area (Å²) in [5.74, 6) is 1.00. The molecule has 106 valence electrons. The normalized spacial score (nSPS) is 21.4. The van der Waals surface area contributed by atoms with Crippen LogP contribution in [0.1, 0.15) is 46.5 Å². The lowest BCUT2D eigenvalue weighted by atomic mass is 10.0. The van der Waals surface area contributed by atoms with Gasteiger partial charge in [-0.2, -0.15) is 0 Å². The lowest BCUT2D eigenvalue weighted by Crippen LogP contribution is -2.42. The van der Waals surface area contributed by atoms with Gasteiger partial charge < -0.3 is 15.3 Å². The molecule has 0 bridgehead atoms. The van der Waals surface area contributed by atoms with E-state index in [2.05, 4.69) is 26.1 Å². The zero-order valence-corrected chi connectivity index (χ0v) is 12.0. The Bertz CT molecular complexity index is 256. The standard InChI is InChI=1S/C14H28N2O2/c1-11(2)5-4-6-12(3)15-14(18)16-8-7-13(9-16)10-17/h11-13,17H,4-10H2,1-3H3,(H,15,18). The third kappa shape index (κ3) is 5.25. The summed E-state index contributed by atoms with van der Waals surface area (Å²) in [5.41, 5.74) is 0. The molecule has 1 aliphatic heterocycles. The smallest absolute Gasteiger partial charge is 0.317 e. The minimum atomic E-state index is 0.0306. The number of hydrogen-bond donors (Lipinski definition) is 2. The summed E-state index contributed by atoms with van der Waals surface area (Å²) in [6, 6.07) is 0.271. The summed E-state index contributed by atoms with van der Waals surface area (Å²) < 4.78 is 0. The number of carbonyl (C=O) groups excluding carboxylic acids is 1. The molecule has 4 heteroatoms. The van der Waals surface area contributed by atoms with E-state index in [1.807, 2.05) is 4.90 Å². The van der Waals surface area contributed by atoms with Gasteiger partial charge in [0.15, 0.2) is 0 Å². The van der Waals surface area contributed by atoms with Gasteiger partial charge in [0.1, 0.15) is 0 Å². The molecule has 0 spiro atoms. The topological polar surface area (TPSA) is 52.6 Å². The Kier molecular flexibility index (Phi) is 6.47. The molecule has 1 rings (SSSR count). The second kappa shape index (κ2) is 7.62. The van der Waals surface area contributed by atoms with Crippen LogP contribution in [0.3, 0.4) is 0 Å². The van der Waals surface area contributed by atoms with Gasteiger partial charge in [-0.15, -0.1) is 0 Å². The number of aliphatic hydroxyl groups is 1. The fourth-order valence-electron chi connectivity index (χ4n) is 2.37. The van der Waals surface area contributed by atoms with E-state index in [9.17, 15) is 4.79 Å². The molecule has 0 aromatic carbocycles. The molecule has 0 radical (unpaired) electrons. The molecule has 0 aliphatic carbocycles. The molecular weight excluding hydrogens is 228 g/mol. The number of aliphatic hydroxyl groups excluding tert-OH is 1. The van der Waals surface area contributed by atoms with E-state index in [4.69, 9.17) is 5.11 Å². The van der Waals surface area contributed by atoms with Crippen LogP contribution < -0.4 is 5.32 Å². The van der Waals surface area contributed by atoms with Crippen LogP contribution >= 0.6 is 0 Å². The third-order valence-corrected chi connectivity index (χ3v) is 3.62. The lowest BCUT2D eigenvalue weighted by Gasteiger charge is -2.21. The van der Waals surface area contributed by atoms with E-state index in [1.165, 1.54) is 12.8 Å². The van der Waals surface area contributed by atoms with Gasteiger partial charge in [0.25, 0.3) is 0 Å². The molecule has 2 atom stereocenters. The Labute approximate surface area is 111 Å². The van der Waals surface area contributed by atoms with E-state index in [1.54, 1.807) is 0 Å². The lowest BCUT2D eigenvalue weighted by molar-refractivity contribution is 0.195. The summed E-state index contributed by atoms with van der Waals surface area (Å²) in [4.78, 5) is 13.8. The minimum absolute atomic E-state index is 0.0306. The van der Waals surface area contributed by atoms with Crippen molar-refractivity contribution in [1.82, 2.24) is 10.2 Å². The van der Waals surface area contributed by atoms with Crippen molar-refractivity contribution in [1.29, 1.82) is 0 Å². The quantitative estimate of drug-likeness (QED) is 0.765. The largest absolute Gasteiger partial charge is 0.396 e. The summed E-state index contributed by atoms with van der Waals surface area (Å²) in [6.07, 6.45) is 4.35. The molecule has 0 aromatic rings. The highest BCUT2D eigenvalue weighted by atomic mass is 16.3. The maximum atomic E-state index is 11.9. The molecule has 18 heavy (non-hydrogen) atoms. The second-order valence-electron chi connectivity index (χ2n) is 5.96. The number of nitrogens with one attached hydrogen (secondary N) is 1. The van der Waals surface area contributed by atoms with Crippen molar-refractivity contribution in [3.63, 3.8) is 0 Å².